The Morgan fingerprint density at radius 3 is 2.67 bits per heavy atom. The third-order valence-corrected chi connectivity index (χ3v) is 3.23. The first-order chi connectivity index (χ1) is 10.1. The molecule has 5 nitrogen and oxygen atoms in total. The molecule has 2 aromatic rings. The van der Waals surface area contributed by atoms with Gasteiger partial charge in [0.2, 0.25) is 5.89 Å². The molecule has 1 aromatic heterocycles. The SMILES string of the molecule is CC(CCc1ccccc1)NC(=O)c1coc(C(C)N)n1. The second kappa shape index (κ2) is 7.04. The zero-order valence-electron chi connectivity index (χ0n) is 12.4. The lowest BCUT2D eigenvalue weighted by Gasteiger charge is -2.12. The van der Waals surface area contributed by atoms with Gasteiger partial charge in [0.15, 0.2) is 5.69 Å². The molecule has 0 aliphatic rings. The number of amides is 1. The Morgan fingerprint density at radius 1 is 1.33 bits per heavy atom. The van der Waals surface area contributed by atoms with E-state index >= 15 is 0 Å². The highest BCUT2D eigenvalue weighted by atomic mass is 16.3. The Bertz CT molecular complexity index is 578. The molecule has 0 bridgehead atoms. The van der Waals surface area contributed by atoms with Crippen molar-refractivity contribution in [2.24, 2.45) is 5.73 Å². The van der Waals surface area contributed by atoms with Gasteiger partial charge >= 0.3 is 0 Å². The number of aryl methyl sites for hydroxylation is 1. The molecule has 5 heteroatoms. The second-order valence-electron chi connectivity index (χ2n) is 5.26. The van der Waals surface area contributed by atoms with Gasteiger partial charge in [0.25, 0.3) is 5.91 Å². The minimum Gasteiger partial charge on any atom is -0.446 e. The fraction of sp³-hybridized carbons (Fsp3) is 0.375. The first kappa shape index (κ1) is 15.3. The molecule has 1 aromatic carbocycles. The number of carbonyl (C=O) groups excluding carboxylic acids is 1. The number of nitrogens with one attached hydrogen (secondary N) is 1. The molecule has 1 amide bonds. The molecular weight excluding hydrogens is 266 g/mol. The van der Waals surface area contributed by atoms with Crippen molar-refractivity contribution in [3.05, 3.63) is 53.7 Å². The summed E-state index contributed by atoms with van der Waals surface area (Å²) in [5.74, 6) is 0.142. The van der Waals surface area contributed by atoms with Crippen LogP contribution < -0.4 is 11.1 Å². The summed E-state index contributed by atoms with van der Waals surface area (Å²) in [5.41, 5.74) is 7.19. The van der Waals surface area contributed by atoms with Crippen molar-refractivity contribution in [2.45, 2.75) is 38.8 Å². The van der Waals surface area contributed by atoms with Crippen LogP contribution in [0.3, 0.4) is 0 Å². The summed E-state index contributed by atoms with van der Waals surface area (Å²) >= 11 is 0. The van der Waals surface area contributed by atoms with Crippen molar-refractivity contribution in [1.82, 2.24) is 10.3 Å². The zero-order chi connectivity index (χ0) is 15.2. The molecule has 0 saturated carbocycles. The molecule has 21 heavy (non-hydrogen) atoms. The number of oxazole rings is 1. The molecular formula is C16H21N3O2. The molecule has 2 rings (SSSR count). The van der Waals surface area contributed by atoms with E-state index in [0.717, 1.165) is 12.8 Å². The molecule has 2 atom stereocenters. The molecule has 0 fully saturated rings. The molecule has 0 aliphatic carbocycles. The van der Waals surface area contributed by atoms with E-state index in [9.17, 15) is 4.79 Å². The fourth-order valence-corrected chi connectivity index (χ4v) is 2.00. The summed E-state index contributed by atoms with van der Waals surface area (Å²) < 4.78 is 5.16. The van der Waals surface area contributed by atoms with Crippen LogP contribution in [-0.2, 0) is 6.42 Å². The lowest BCUT2D eigenvalue weighted by atomic mass is 10.1. The van der Waals surface area contributed by atoms with Gasteiger partial charge < -0.3 is 15.5 Å². The Kier molecular flexibility index (Phi) is 5.11. The maximum absolute atomic E-state index is 12.0. The van der Waals surface area contributed by atoms with Crippen LogP contribution in [-0.4, -0.2) is 16.9 Å². The van der Waals surface area contributed by atoms with Crippen LogP contribution in [0.2, 0.25) is 0 Å². The smallest absolute Gasteiger partial charge is 0.273 e. The van der Waals surface area contributed by atoms with Gasteiger partial charge in [0.1, 0.15) is 6.26 Å². The first-order valence-corrected chi connectivity index (χ1v) is 7.12. The molecule has 2 unspecified atom stereocenters. The molecule has 0 saturated heterocycles. The van der Waals surface area contributed by atoms with Crippen molar-refractivity contribution in [3.8, 4) is 0 Å². The van der Waals surface area contributed by atoms with E-state index in [1.165, 1.54) is 11.8 Å². The van der Waals surface area contributed by atoms with Gasteiger partial charge in [-0.1, -0.05) is 30.3 Å². The van der Waals surface area contributed by atoms with Gasteiger partial charge in [0, 0.05) is 6.04 Å². The van der Waals surface area contributed by atoms with Crippen LogP contribution in [0.4, 0.5) is 0 Å². The lowest BCUT2D eigenvalue weighted by Crippen LogP contribution is -2.33. The third-order valence-electron chi connectivity index (χ3n) is 3.23. The maximum atomic E-state index is 12.0. The third kappa shape index (κ3) is 4.43. The molecule has 0 spiro atoms. The lowest BCUT2D eigenvalue weighted by molar-refractivity contribution is 0.0933. The van der Waals surface area contributed by atoms with Crippen molar-refractivity contribution >= 4 is 5.91 Å². The van der Waals surface area contributed by atoms with E-state index in [4.69, 9.17) is 10.2 Å². The van der Waals surface area contributed by atoms with E-state index in [-0.39, 0.29) is 23.7 Å². The van der Waals surface area contributed by atoms with Crippen LogP contribution in [0.15, 0.2) is 41.0 Å². The average molecular weight is 287 g/mol. The van der Waals surface area contributed by atoms with Gasteiger partial charge in [-0.25, -0.2) is 4.98 Å². The molecule has 3 N–H and O–H groups in total. The molecule has 0 aliphatic heterocycles. The van der Waals surface area contributed by atoms with Crippen LogP contribution in [0.25, 0.3) is 0 Å². The van der Waals surface area contributed by atoms with E-state index in [1.54, 1.807) is 6.92 Å². The van der Waals surface area contributed by atoms with Crippen molar-refractivity contribution in [3.63, 3.8) is 0 Å². The predicted octanol–water partition coefficient (Wildman–Crippen LogP) is 2.45. The standard InChI is InChI=1S/C16H21N3O2/c1-11(8-9-13-6-4-3-5-7-13)18-15(20)14-10-21-16(19-14)12(2)17/h3-7,10-12H,8-9,17H2,1-2H3,(H,18,20). The van der Waals surface area contributed by atoms with Crippen molar-refractivity contribution < 1.29 is 9.21 Å². The Labute approximate surface area is 124 Å². The van der Waals surface area contributed by atoms with E-state index in [1.807, 2.05) is 25.1 Å². The van der Waals surface area contributed by atoms with Gasteiger partial charge in [0.05, 0.1) is 6.04 Å². The summed E-state index contributed by atoms with van der Waals surface area (Å²) in [6, 6.07) is 9.94. The fourth-order valence-electron chi connectivity index (χ4n) is 2.00. The maximum Gasteiger partial charge on any atom is 0.273 e. The Morgan fingerprint density at radius 2 is 2.05 bits per heavy atom. The second-order valence-corrected chi connectivity index (χ2v) is 5.26. The quantitative estimate of drug-likeness (QED) is 0.855. The molecule has 112 valence electrons. The number of carbonyl (C=O) groups is 1. The molecule has 1 heterocycles. The average Bonchev–Trinajstić information content (AvgIpc) is 2.96. The Hall–Kier alpha value is -2.14. The number of benzene rings is 1. The van der Waals surface area contributed by atoms with E-state index in [0.29, 0.717) is 5.89 Å². The summed E-state index contributed by atoms with van der Waals surface area (Å²) in [5, 5.41) is 2.92. The molecule has 0 radical (unpaired) electrons. The minimum absolute atomic E-state index is 0.0631. The van der Waals surface area contributed by atoms with Gasteiger partial charge in [-0.3, -0.25) is 4.79 Å². The first-order valence-electron chi connectivity index (χ1n) is 7.12. The highest BCUT2D eigenvalue weighted by Crippen LogP contribution is 2.10. The highest BCUT2D eigenvalue weighted by molar-refractivity contribution is 5.92. The number of hydrogen-bond donors (Lipinski definition) is 2. The minimum atomic E-state index is -0.318. The monoisotopic (exact) mass is 287 g/mol. The normalized spacial score (nSPS) is 13.7. The Balaban J connectivity index is 1.84. The predicted molar refractivity (Wildman–Crippen MR) is 80.8 cm³/mol. The van der Waals surface area contributed by atoms with Crippen LogP contribution in [0, 0.1) is 0 Å². The highest BCUT2D eigenvalue weighted by Gasteiger charge is 2.16. The topological polar surface area (TPSA) is 81.2 Å². The van der Waals surface area contributed by atoms with Gasteiger partial charge in [-0.05, 0) is 32.3 Å². The summed E-state index contributed by atoms with van der Waals surface area (Å²) in [4.78, 5) is 16.1. The van der Waals surface area contributed by atoms with Crippen LogP contribution in [0.1, 0.15) is 48.3 Å². The van der Waals surface area contributed by atoms with Crippen molar-refractivity contribution in [2.75, 3.05) is 0 Å². The van der Waals surface area contributed by atoms with Gasteiger partial charge in [-0.15, -0.1) is 0 Å². The number of rotatable bonds is 6. The zero-order valence-corrected chi connectivity index (χ0v) is 12.4. The number of aromatic nitrogens is 1. The van der Waals surface area contributed by atoms with E-state index in [2.05, 4.69) is 22.4 Å². The number of nitrogens with two attached hydrogens (primary N) is 1. The van der Waals surface area contributed by atoms with Crippen LogP contribution >= 0.6 is 0 Å². The van der Waals surface area contributed by atoms with Gasteiger partial charge in [-0.2, -0.15) is 0 Å². The summed E-state index contributed by atoms with van der Waals surface area (Å²) in [6.07, 6.45) is 3.14. The number of nitrogens with zero attached hydrogens (tertiary/aromatic N) is 1. The number of hydrogen-bond acceptors (Lipinski definition) is 4. The van der Waals surface area contributed by atoms with E-state index < -0.39 is 0 Å². The summed E-state index contributed by atoms with van der Waals surface area (Å²) in [7, 11) is 0. The largest absolute Gasteiger partial charge is 0.446 e. The van der Waals surface area contributed by atoms with Crippen LogP contribution in [0.5, 0.6) is 0 Å². The summed E-state index contributed by atoms with van der Waals surface area (Å²) in [6.45, 7) is 3.74. The van der Waals surface area contributed by atoms with Crippen molar-refractivity contribution in [1.29, 1.82) is 0 Å².